The molecule has 0 radical (unpaired) electrons. The van der Waals surface area contributed by atoms with Gasteiger partial charge in [0.15, 0.2) is 0 Å². The van der Waals surface area contributed by atoms with Gasteiger partial charge in [0.05, 0.1) is 11.4 Å². The SMILES string of the molecule is C=Cc1nc2[nH]c1C=CCC2. The van der Waals surface area contributed by atoms with Crippen molar-refractivity contribution in [3.63, 3.8) is 0 Å². The van der Waals surface area contributed by atoms with Gasteiger partial charge in [-0.15, -0.1) is 0 Å². The van der Waals surface area contributed by atoms with E-state index < -0.39 is 0 Å². The van der Waals surface area contributed by atoms with Crippen LogP contribution in [0, 0.1) is 0 Å². The number of imidazole rings is 1. The van der Waals surface area contributed by atoms with Crippen molar-refractivity contribution in [3.05, 3.63) is 29.9 Å². The van der Waals surface area contributed by atoms with Crippen LogP contribution in [0.4, 0.5) is 0 Å². The van der Waals surface area contributed by atoms with Crippen LogP contribution in [0.15, 0.2) is 12.7 Å². The predicted molar refractivity (Wildman–Crippen MR) is 46.0 cm³/mol. The molecule has 0 amide bonds. The number of aromatic amines is 1. The maximum atomic E-state index is 4.34. The maximum absolute atomic E-state index is 4.34. The van der Waals surface area contributed by atoms with E-state index in [1.54, 1.807) is 6.08 Å². The monoisotopic (exact) mass is 146 g/mol. The molecule has 2 heteroatoms. The Hall–Kier alpha value is -1.31. The molecule has 0 aliphatic carbocycles. The predicted octanol–water partition coefficient (Wildman–Crippen LogP) is 2.01. The van der Waals surface area contributed by atoms with Crippen LogP contribution < -0.4 is 0 Å². The highest BCUT2D eigenvalue weighted by molar-refractivity contribution is 5.59. The van der Waals surface area contributed by atoms with Crippen molar-refractivity contribution in [2.24, 2.45) is 0 Å². The van der Waals surface area contributed by atoms with Crippen LogP contribution in [0.1, 0.15) is 23.6 Å². The Kier molecular flexibility index (Phi) is 1.39. The van der Waals surface area contributed by atoms with Gasteiger partial charge in [0.2, 0.25) is 0 Å². The molecule has 1 N–H and O–H groups in total. The van der Waals surface area contributed by atoms with Gasteiger partial charge in [-0.3, -0.25) is 0 Å². The van der Waals surface area contributed by atoms with E-state index in [1.165, 1.54) is 0 Å². The topological polar surface area (TPSA) is 28.7 Å². The van der Waals surface area contributed by atoms with E-state index in [4.69, 9.17) is 0 Å². The maximum Gasteiger partial charge on any atom is 0.107 e. The fourth-order valence-corrected chi connectivity index (χ4v) is 1.28. The molecule has 2 bridgehead atoms. The van der Waals surface area contributed by atoms with Crippen molar-refractivity contribution < 1.29 is 0 Å². The van der Waals surface area contributed by atoms with Crippen LogP contribution in [-0.4, -0.2) is 9.97 Å². The smallest absolute Gasteiger partial charge is 0.107 e. The number of aromatic nitrogens is 2. The van der Waals surface area contributed by atoms with Crippen molar-refractivity contribution in [1.29, 1.82) is 0 Å². The first-order valence-corrected chi connectivity index (χ1v) is 3.78. The largest absolute Gasteiger partial charge is 0.342 e. The number of allylic oxidation sites excluding steroid dienone is 1. The summed E-state index contributed by atoms with van der Waals surface area (Å²) in [5.41, 5.74) is 2.06. The third-order valence-corrected chi connectivity index (χ3v) is 1.84. The molecule has 1 aliphatic heterocycles. The Labute approximate surface area is 65.7 Å². The third kappa shape index (κ3) is 1.00. The lowest BCUT2D eigenvalue weighted by atomic mass is 10.2. The second kappa shape index (κ2) is 2.38. The number of hydrogen-bond donors (Lipinski definition) is 1. The van der Waals surface area contributed by atoms with Crippen molar-refractivity contribution >= 4 is 12.2 Å². The summed E-state index contributed by atoms with van der Waals surface area (Å²) in [4.78, 5) is 7.57. The standard InChI is InChI=1S/C9H10N2/c1-2-7-8-5-3-4-6-9(10-7)11-8/h2-3,5H,1,4,6H2,(H,10,11). The Morgan fingerprint density at radius 1 is 1.64 bits per heavy atom. The Morgan fingerprint density at radius 2 is 2.55 bits per heavy atom. The minimum absolute atomic E-state index is 0.968. The zero-order valence-corrected chi connectivity index (χ0v) is 6.30. The highest BCUT2D eigenvalue weighted by atomic mass is 14.9. The van der Waals surface area contributed by atoms with Gasteiger partial charge in [0.25, 0.3) is 0 Å². The van der Waals surface area contributed by atoms with E-state index >= 15 is 0 Å². The summed E-state index contributed by atoms with van der Waals surface area (Å²) in [7, 11) is 0. The molecule has 0 aromatic carbocycles. The van der Waals surface area contributed by atoms with Gasteiger partial charge < -0.3 is 4.98 Å². The number of fused-ring (bicyclic) bond motifs is 2. The van der Waals surface area contributed by atoms with E-state index in [9.17, 15) is 0 Å². The lowest BCUT2D eigenvalue weighted by molar-refractivity contribution is 0.917. The molecule has 1 aromatic heterocycles. The zero-order valence-electron chi connectivity index (χ0n) is 6.30. The molecule has 1 aromatic rings. The van der Waals surface area contributed by atoms with Crippen molar-refractivity contribution in [2.45, 2.75) is 12.8 Å². The van der Waals surface area contributed by atoms with E-state index in [-0.39, 0.29) is 0 Å². The lowest BCUT2D eigenvalue weighted by Crippen LogP contribution is -1.85. The normalized spacial score (nSPS) is 14.5. The summed E-state index contributed by atoms with van der Waals surface area (Å²) < 4.78 is 0. The highest BCUT2D eigenvalue weighted by Gasteiger charge is 2.06. The number of hydrogen-bond acceptors (Lipinski definition) is 1. The van der Waals surface area contributed by atoms with Gasteiger partial charge in [-0.2, -0.15) is 0 Å². The quantitative estimate of drug-likeness (QED) is 0.645. The molecular weight excluding hydrogens is 136 g/mol. The number of H-pyrrole nitrogens is 1. The highest BCUT2D eigenvalue weighted by Crippen LogP contribution is 2.14. The summed E-state index contributed by atoms with van der Waals surface area (Å²) in [6, 6.07) is 0. The van der Waals surface area contributed by atoms with Crippen molar-refractivity contribution in [1.82, 2.24) is 9.97 Å². The summed E-state index contributed by atoms with van der Waals surface area (Å²) in [6.45, 7) is 3.69. The second-order valence-corrected chi connectivity index (χ2v) is 2.63. The molecule has 0 fully saturated rings. The summed E-state index contributed by atoms with van der Waals surface area (Å²) in [6.07, 6.45) is 8.11. The molecule has 0 atom stereocenters. The second-order valence-electron chi connectivity index (χ2n) is 2.63. The van der Waals surface area contributed by atoms with Crippen LogP contribution in [-0.2, 0) is 6.42 Å². The van der Waals surface area contributed by atoms with E-state index in [0.717, 1.165) is 30.1 Å². The average Bonchev–Trinajstić information content (AvgIpc) is 2.22. The van der Waals surface area contributed by atoms with E-state index in [1.807, 2.05) is 0 Å². The first-order chi connectivity index (χ1) is 5.40. The number of rotatable bonds is 1. The van der Waals surface area contributed by atoms with Crippen LogP contribution in [0.2, 0.25) is 0 Å². The molecule has 2 rings (SSSR count). The van der Waals surface area contributed by atoms with Gasteiger partial charge in [-0.1, -0.05) is 12.7 Å². The number of aryl methyl sites for hydroxylation is 1. The molecule has 1 aliphatic rings. The Morgan fingerprint density at radius 3 is 3.36 bits per heavy atom. The van der Waals surface area contributed by atoms with Gasteiger partial charge in [-0.25, -0.2) is 4.98 Å². The number of nitrogens with zero attached hydrogens (tertiary/aromatic N) is 1. The molecule has 56 valence electrons. The summed E-state index contributed by atoms with van der Waals surface area (Å²) >= 11 is 0. The fraction of sp³-hybridized carbons (Fsp3) is 0.222. The van der Waals surface area contributed by atoms with Crippen LogP contribution in [0.3, 0.4) is 0 Å². The van der Waals surface area contributed by atoms with Gasteiger partial charge >= 0.3 is 0 Å². The van der Waals surface area contributed by atoms with Crippen molar-refractivity contribution in [3.8, 4) is 0 Å². The molecule has 0 spiro atoms. The Balaban J connectivity index is 2.55. The van der Waals surface area contributed by atoms with E-state index in [2.05, 4.69) is 28.7 Å². The van der Waals surface area contributed by atoms with Crippen LogP contribution >= 0.6 is 0 Å². The minimum Gasteiger partial charge on any atom is -0.342 e. The van der Waals surface area contributed by atoms with Crippen LogP contribution in [0.25, 0.3) is 12.2 Å². The average molecular weight is 146 g/mol. The molecular formula is C9H10N2. The van der Waals surface area contributed by atoms with Gasteiger partial charge in [0, 0.05) is 6.42 Å². The first kappa shape index (κ1) is 6.40. The molecule has 11 heavy (non-hydrogen) atoms. The minimum atomic E-state index is 0.968. The summed E-state index contributed by atoms with van der Waals surface area (Å²) in [5.74, 6) is 1.07. The lowest BCUT2D eigenvalue weighted by Gasteiger charge is -1.90. The molecule has 0 unspecified atom stereocenters. The molecule has 0 saturated heterocycles. The zero-order chi connectivity index (χ0) is 7.68. The van der Waals surface area contributed by atoms with Gasteiger partial charge in [0.1, 0.15) is 5.82 Å². The third-order valence-electron chi connectivity index (χ3n) is 1.84. The number of nitrogens with one attached hydrogen (secondary N) is 1. The molecule has 0 saturated carbocycles. The van der Waals surface area contributed by atoms with E-state index in [0.29, 0.717) is 0 Å². The Bertz CT molecular complexity index is 304. The first-order valence-electron chi connectivity index (χ1n) is 3.78. The summed E-state index contributed by atoms with van der Waals surface area (Å²) in [5, 5.41) is 0. The molecule has 2 heterocycles. The molecule has 2 nitrogen and oxygen atoms in total. The van der Waals surface area contributed by atoms with Gasteiger partial charge in [-0.05, 0) is 18.6 Å². The van der Waals surface area contributed by atoms with Crippen LogP contribution in [0.5, 0.6) is 0 Å². The fourth-order valence-electron chi connectivity index (χ4n) is 1.28. The van der Waals surface area contributed by atoms with Crippen molar-refractivity contribution in [2.75, 3.05) is 0 Å².